The van der Waals surface area contributed by atoms with Gasteiger partial charge in [0.15, 0.2) is 0 Å². The molecular weight excluding hydrogens is 260 g/mol. The molecule has 2 aliphatic carbocycles. The highest BCUT2D eigenvalue weighted by atomic mass is 16.2. The van der Waals surface area contributed by atoms with E-state index in [1.807, 2.05) is 0 Å². The van der Waals surface area contributed by atoms with Crippen molar-refractivity contribution in [1.29, 1.82) is 0 Å². The van der Waals surface area contributed by atoms with Crippen molar-refractivity contribution in [3.63, 3.8) is 0 Å². The molecule has 2 saturated carbocycles. The molecule has 3 heteroatoms. The van der Waals surface area contributed by atoms with Gasteiger partial charge in [-0.3, -0.25) is 4.79 Å². The first-order chi connectivity index (χ1) is 10.3. The van der Waals surface area contributed by atoms with Crippen molar-refractivity contribution < 1.29 is 4.79 Å². The molecule has 3 unspecified atom stereocenters. The molecule has 2 fully saturated rings. The average Bonchev–Trinajstić information content (AvgIpc) is 3.13. The Labute approximate surface area is 126 Å². The molecule has 0 aromatic heterocycles. The summed E-state index contributed by atoms with van der Waals surface area (Å²) in [6.07, 6.45) is 4.68. The summed E-state index contributed by atoms with van der Waals surface area (Å²) < 4.78 is 0. The van der Waals surface area contributed by atoms with Crippen LogP contribution in [-0.4, -0.2) is 19.0 Å². The van der Waals surface area contributed by atoms with Crippen molar-refractivity contribution >= 4 is 11.6 Å². The van der Waals surface area contributed by atoms with Gasteiger partial charge in [0.1, 0.15) is 0 Å². The van der Waals surface area contributed by atoms with Crippen LogP contribution in [0.4, 0.5) is 5.69 Å². The summed E-state index contributed by atoms with van der Waals surface area (Å²) in [5.41, 5.74) is 2.43. The Balaban J connectivity index is 1.58. The molecule has 0 spiro atoms. The third-order valence-electron chi connectivity index (χ3n) is 5.55. The first-order valence-corrected chi connectivity index (χ1v) is 8.41. The Morgan fingerprint density at radius 2 is 2.00 bits per heavy atom. The Morgan fingerprint density at radius 1 is 1.24 bits per heavy atom. The number of rotatable bonds is 3. The van der Waals surface area contributed by atoms with Crippen molar-refractivity contribution in [2.75, 3.05) is 18.0 Å². The molecule has 1 aliphatic heterocycles. The molecule has 0 radical (unpaired) electrons. The van der Waals surface area contributed by atoms with Gasteiger partial charge in [-0.1, -0.05) is 25.1 Å². The van der Waals surface area contributed by atoms with Crippen molar-refractivity contribution in [2.24, 2.45) is 17.8 Å². The van der Waals surface area contributed by atoms with Crippen molar-refractivity contribution in [1.82, 2.24) is 5.32 Å². The monoisotopic (exact) mass is 284 g/mol. The Kier molecular flexibility index (Phi) is 3.26. The maximum atomic E-state index is 12.9. The lowest BCUT2D eigenvalue weighted by Crippen LogP contribution is -2.42. The highest BCUT2D eigenvalue weighted by Gasteiger charge is 2.49. The van der Waals surface area contributed by atoms with E-state index in [0.717, 1.165) is 49.9 Å². The number of nitrogens with zero attached hydrogens (tertiary/aromatic N) is 1. The number of anilines is 1. The van der Waals surface area contributed by atoms with Gasteiger partial charge in [-0.15, -0.1) is 0 Å². The summed E-state index contributed by atoms with van der Waals surface area (Å²) in [5, 5.41) is 3.55. The van der Waals surface area contributed by atoms with Gasteiger partial charge in [0, 0.05) is 24.2 Å². The number of hydrogen-bond donors (Lipinski definition) is 1. The van der Waals surface area contributed by atoms with Gasteiger partial charge >= 0.3 is 0 Å². The molecule has 4 rings (SSSR count). The minimum atomic E-state index is 0.289. The summed E-state index contributed by atoms with van der Waals surface area (Å²) in [6.45, 7) is 3.98. The number of carbonyl (C=O) groups is 1. The number of fused-ring (bicyclic) bond motifs is 2. The second-order valence-corrected chi connectivity index (χ2v) is 6.87. The van der Waals surface area contributed by atoms with Crippen molar-refractivity contribution in [2.45, 2.75) is 38.6 Å². The van der Waals surface area contributed by atoms with Crippen LogP contribution in [-0.2, 0) is 4.79 Å². The Morgan fingerprint density at radius 3 is 2.76 bits per heavy atom. The van der Waals surface area contributed by atoms with E-state index in [9.17, 15) is 4.79 Å². The lowest BCUT2D eigenvalue weighted by atomic mass is 9.94. The molecule has 3 nitrogen and oxygen atoms in total. The van der Waals surface area contributed by atoms with E-state index in [4.69, 9.17) is 0 Å². The summed E-state index contributed by atoms with van der Waals surface area (Å²) in [4.78, 5) is 15.0. The van der Waals surface area contributed by atoms with Crippen LogP contribution >= 0.6 is 0 Å². The van der Waals surface area contributed by atoms with Crippen molar-refractivity contribution in [3.8, 4) is 0 Å². The standard InChI is InChI=1S/C18H24N2O/c1-2-19-16-7-8-20(17-6-4-3-5-15(16)17)18(21)14-10-12-9-13(12)11-14/h3-6,12-14,16,19H,2,7-11H2,1H3. The summed E-state index contributed by atoms with van der Waals surface area (Å²) in [7, 11) is 0. The first kappa shape index (κ1) is 13.3. The van der Waals surface area contributed by atoms with E-state index in [-0.39, 0.29) is 5.92 Å². The maximum Gasteiger partial charge on any atom is 0.230 e. The summed E-state index contributed by atoms with van der Waals surface area (Å²) in [6, 6.07) is 8.83. The van der Waals surface area contributed by atoms with Crippen LogP contribution < -0.4 is 10.2 Å². The van der Waals surface area contributed by atoms with Gasteiger partial charge in [-0.2, -0.15) is 0 Å². The van der Waals surface area contributed by atoms with Crippen LogP contribution in [0, 0.1) is 17.8 Å². The molecule has 3 aliphatic rings. The van der Waals surface area contributed by atoms with Gasteiger partial charge in [0.25, 0.3) is 0 Å². The SMILES string of the molecule is CCNC1CCN(C(=O)C2CC3CC3C2)c2ccccc21. The smallest absolute Gasteiger partial charge is 0.230 e. The molecule has 1 aromatic carbocycles. The van der Waals surface area contributed by atoms with Gasteiger partial charge in [0.05, 0.1) is 0 Å². The highest BCUT2D eigenvalue weighted by molar-refractivity contribution is 5.96. The van der Waals surface area contributed by atoms with E-state index in [1.54, 1.807) is 0 Å². The maximum absolute atomic E-state index is 12.9. The van der Waals surface area contributed by atoms with E-state index in [2.05, 4.69) is 41.4 Å². The second kappa shape index (κ2) is 5.13. The largest absolute Gasteiger partial charge is 0.312 e. The number of amides is 1. The van der Waals surface area contributed by atoms with Gasteiger partial charge < -0.3 is 10.2 Å². The molecular formula is C18H24N2O. The zero-order valence-electron chi connectivity index (χ0n) is 12.7. The van der Waals surface area contributed by atoms with E-state index in [1.165, 1.54) is 12.0 Å². The van der Waals surface area contributed by atoms with E-state index in [0.29, 0.717) is 11.9 Å². The quantitative estimate of drug-likeness (QED) is 0.925. The average molecular weight is 284 g/mol. The van der Waals surface area contributed by atoms with Crippen LogP contribution in [0.3, 0.4) is 0 Å². The van der Waals surface area contributed by atoms with Crippen molar-refractivity contribution in [3.05, 3.63) is 29.8 Å². The number of hydrogen-bond acceptors (Lipinski definition) is 2. The third kappa shape index (κ3) is 2.28. The van der Waals surface area contributed by atoms with Crippen LogP contribution in [0.1, 0.15) is 44.2 Å². The second-order valence-electron chi connectivity index (χ2n) is 6.87. The molecule has 0 saturated heterocycles. The van der Waals surface area contributed by atoms with Gasteiger partial charge in [0.2, 0.25) is 5.91 Å². The molecule has 0 bridgehead atoms. The van der Waals surface area contributed by atoms with Gasteiger partial charge in [-0.05, 0) is 55.7 Å². The Bertz CT molecular complexity index is 546. The van der Waals surface area contributed by atoms with Crippen LogP contribution in [0.2, 0.25) is 0 Å². The molecule has 1 N–H and O–H groups in total. The van der Waals surface area contributed by atoms with E-state index < -0.39 is 0 Å². The summed E-state index contributed by atoms with van der Waals surface area (Å²) >= 11 is 0. The van der Waals surface area contributed by atoms with Crippen LogP contribution in [0.25, 0.3) is 0 Å². The van der Waals surface area contributed by atoms with Crippen LogP contribution in [0.5, 0.6) is 0 Å². The van der Waals surface area contributed by atoms with E-state index >= 15 is 0 Å². The fourth-order valence-corrected chi connectivity index (χ4v) is 4.39. The summed E-state index contributed by atoms with van der Waals surface area (Å²) in [5.74, 6) is 2.41. The lowest BCUT2D eigenvalue weighted by molar-refractivity contribution is -0.122. The normalized spacial score (nSPS) is 33.5. The molecule has 3 atom stereocenters. The number of carbonyl (C=O) groups excluding carboxylic acids is 1. The predicted octanol–water partition coefficient (Wildman–Crippen LogP) is 3.12. The fourth-order valence-electron chi connectivity index (χ4n) is 4.39. The first-order valence-electron chi connectivity index (χ1n) is 8.41. The third-order valence-corrected chi connectivity index (χ3v) is 5.55. The molecule has 1 amide bonds. The molecule has 112 valence electrons. The zero-order chi connectivity index (χ0) is 14.4. The number of para-hydroxylation sites is 1. The Hall–Kier alpha value is -1.35. The lowest BCUT2D eigenvalue weighted by Gasteiger charge is -2.36. The molecule has 1 heterocycles. The highest BCUT2D eigenvalue weighted by Crippen LogP contribution is 2.55. The number of nitrogens with one attached hydrogen (secondary N) is 1. The molecule has 1 aromatic rings. The minimum Gasteiger partial charge on any atom is -0.312 e. The predicted molar refractivity (Wildman–Crippen MR) is 84.2 cm³/mol. The van der Waals surface area contributed by atoms with Crippen LogP contribution in [0.15, 0.2) is 24.3 Å². The number of benzene rings is 1. The topological polar surface area (TPSA) is 32.3 Å². The fraction of sp³-hybridized carbons (Fsp3) is 0.611. The molecule has 21 heavy (non-hydrogen) atoms. The van der Waals surface area contributed by atoms with Gasteiger partial charge in [-0.25, -0.2) is 0 Å². The minimum absolute atomic E-state index is 0.289. The zero-order valence-corrected chi connectivity index (χ0v) is 12.7.